The van der Waals surface area contributed by atoms with Crippen molar-refractivity contribution in [1.29, 1.82) is 0 Å². The summed E-state index contributed by atoms with van der Waals surface area (Å²) in [6.07, 6.45) is 6.99. The summed E-state index contributed by atoms with van der Waals surface area (Å²) in [5, 5.41) is 13.6. The minimum Gasteiger partial charge on any atom is -0.320 e. The van der Waals surface area contributed by atoms with E-state index in [2.05, 4.69) is 45.8 Å². The van der Waals surface area contributed by atoms with E-state index in [9.17, 15) is 0 Å². The second-order valence-corrected chi connectivity index (χ2v) is 8.00. The SMILES string of the molecule is CC(C)c1cnc(SC(C)c2nnnn2C2CC2)n1C1CC1. The molecule has 6 nitrogen and oxygen atoms in total. The number of hydrogen-bond donors (Lipinski definition) is 0. The molecule has 2 heterocycles. The Balaban J connectivity index is 1.59. The lowest BCUT2D eigenvalue weighted by molar-refractivity contribution is 0.580. The Morgan fingerprint density at radius 1 is 1.14 bits per heavy atom. The first-order valence-electron chi connectivity index (χ1n) is 8.16. The van der Waals surface area contributed by atoms with Crippen molar-refractivity contribution >= 4 is 11.8 Å². The average Bonchev–Trinajstić information content (AvgIpc) is 3.42. The first kappa shape index (κ1) is 14.2. The standard InChI is InChI=1S/C15H22N6S/c1-9(2)13-8-16-15(20(13)11-4-5-11)22-10(3)14-17-18-19-21(14)12-6-7-12/h8-12H,4-7H2,1-3H3. The van der Waals surface area contributed by atoms with E-state index in [4.69, 9.17) is 0 Å². The van der Waals surface area contributed by atoms with Gasteiger partial charge in [-0.1, -0.05) is 25.6 Å². The molecule has 0 saturated heterocycles. The fraction of sp³-hybridized carbons (Fsp3) is 0.733. The van der Waals surface area contributed by atoms with E-state index in [0.717, 1.165) is 11.0 Å². The number of aromatic nitrogens is 6. The van der Waals surface area contributed by atoms with E-state index in [1.165, 1.54) is 31.4 Å². The highest BCUT2D eigenvalue weighted by Gasteiger charge is 2.32. The maximum Gasteiger partial charge on any atom is 0.169 e. The van der Waals surface area contributed by atoms with Gasteiger partial charge in [0.25, 0.3) is 0 Å². The molecule has 2 aromatic rings. The fourth-order valence-electron chi connectivity index (χ4n) is 2.83. The molecular weight excluding hydrogens is 296 g/mol. The highest BCUT2D eigenvalue weighted by Crippen LogP contribution is 2.44. The van der Waals surface area contributed by atoms with Crippen molar-refractivity contribution in [3.8, 4) is 0 Å². The Morgan fingerprint density at radius 2 is 1.86 bits per heavy atom. The summed E-state index contributed by atoms with van der Waals surface area (Å²) in [7, 11) is 0. The van der Waals surface area contributed by atoms with Gasteiger partial charge in [0.1, 0.15) is 0 Å². The van der Waals surface area contributed by atoms with Crippen molar-refractivity contribution in [3.05, 3.63) is 17.7 Å². The van der Waals surface area contributed by atoms with Crippen molar-refractivity contribution < 1.29 is 0 Å². The minimum atomic E-state index is 0.218. The van der Waals surface area contributed by atoms with Crippen LogP contribution in [0, 0.1) is 0 Å². The molecule has 22 heavy (non-hydrogen) atoms. The van der Waals surface area contributed by atoms with Gasteiger partial charge in [-0.2, -0.15) is 0 Å². The van der Waals surface area contributed by atoms with Crippen LogP contribution < -0.4 is 0 Å². The van der Waals surface area contributed by atoms with Crippen LogP contribution in [0.15, 0.2) is 11.4 Å². The Kier molecular flexibility index (Phi) is 3.47. The third-order valence-electron chi connectivity index (χ3n) is 4.35. The van der Waals surface area contributed by atoms with Gasteiger partial charge in [0.2, 0.25) is 0 Å². The maximum absolute atomic E-state index is 4.69. The third kappa shape index (κ3) is 2.55. The Labute approximate surface area is 134 Å². The molecule has 1 atom stereocenters. The summed E-state index contributed by atoms with van der Waals surface area (Å²) in [4.78, 5) is 4.69. The molecular formula is C15H22N6S. The fourth-order valence-corrected chi connectivity index (χ4v) is 3.89. The summed E-state index contributed by atoms with van der Waals surface area (Å²) in [6, 6.07) is 1.16. The molecule has 0 aromatic carbocycles. The van der Waals surface area contributed by atoms with Gasteiger partial charge < -0.3 is 4.57 Å². The van der Waals surface area contributed by atoms with Crippen LogP contribution >= 0.6 is 11.8 Å². The van der Waals surface area contributed by atoms with Crippen molar-refractivity contribution in [1.82, 2.24) is 29.8 Å². The number of tetrazole rings is 1. The topological polar surface area (TPSA) is 61.4 Å². The Morgan fingerprint density at radius 3 is 2.50 bits per heavy atom. The van der Waals surface area contributed by atoms with Crippen LogP contribution in [0.25, 0.3) is 0 Å². The van der Waals surface area contributed by atoms with E-state index in [1.54, 1.807) is 11.8 Å². The van der Waals surface area contributed by atoms with Gasteiger partial charge in [-0.05, 0) is 49.0 Å². The monoisotopic (exact) mass is 318 g/mol. The molecule has 0 radical (unpaired) electrons. The van der Waals surface area contributed by atoms with E-state index in [-0.39, 0.29) is 5.25 Å². The molecule has 118 valence electrons. The predicted octanol–water partition coefficient (Wildman–Crippen LogP) is 3.52. The zero-order chi connectivity index (χ0) is 15.3. The molecule has 2 aliphatic rings. The Hall–Kier alpha value is -1.37. The van der Waals surface area contributed by atoms with Gasteiger partial charge in [0.15, 0.2) is 11.0 Å². The van der Waals surface area contributed by atoms with Crippen LogP contribution in [0.3, 0.4) is 0 Å². The molecule has 0 N–H and O–H groups in total. The first-order chi connectivity index (χ1) is 10.6. The van der Waals surface area contributed by atoms with Gasteiger partial charge >= 0.3 is 0 Å². The molecule has 2 aliphatic carbocycles. The molecule has 0 bridgehead atoms. The highest BCUT2D eigenvalue weighted by molar-refractivity contribution is 7.99. The van der Waals surface area contributed by atoms with Gasteiger partial charge in [-0.25, -0.2) is 9.67 Å². The second-order valence-electron chi connectivity index (χ2n) is 6.69. The lowest BCUT2D eigenvalue weighted by atomic mass is 10.1. The van der Waals surface area contributed by atoms with Crippen molar-refractivity contribution in [2.75, 3.05) is 0 Å². The molecule has 7 heteroatoms. The number of nitrogens with zero attached hydrogens (tertiary/aromatic N) is 6. The summed E-state index contributed by atoms with van der Waals surface area (Å²) < 4.78 is 4.45. The van der Waals surface area contributed by atoms with E-state index >= 15 is 0 Å². The number of thioether (sulfide) groups is 1. The first-order valence-corrected chi connectivity index (χ1v) is 9.04. The lowest BCUT2D eigenvalue weighted by Crippen LogP contribution is -2.07. The van der Waals surface area contributed by atoms with Crippen LogP contribution in [0.1, 0.15) is 81.2 Å². The Bertz CT molecular complexity index is 667. The molecule has 1 unspecified atom stereocenters. The number of rotatable bonds is 6. The van der Waals surface area contributed by atoms with E-state index in [1.807, 2.05) is 10.9 Å². The molecule has 0 spiro atoms. The average molecular weight is 318 g/mol. The summed E-state index contributed by atoms with van der Waals surface area (Å²) >= 11 is 1.78. The van der Waals surface area contributed by atoms with Crippen molar-refractivity contribution in [2.45, 2.75) is 74.9 Å². The zero-order valence-corrected chi connectivity index (χ0v) is 14.1. The van der Waals surface area contributed by atoms with Crippen LogP contribution in [-0.4, -0.2) is 29.8 Å². The lowest BCUT2D eigenvalue weighted by Gasteiger charge is -2.15. The molecule has 2 saturated carbocycles. The summed E-state index contributed by atoms with van der Waals surface area (Å²) in [6.45, 7) is 6.65. The van der Waals surface area contributed by atoms with Crippen LogP contribution in [-0.2, 0) is 0 Å². The number of imidazole rings is 1. The second kappa shape index (κ2) is 5.37. The normalized spacial score (nSPS) is 19.8. The molecule has 0 aliphatic heterocycles. The van der Waals surface area contributed by atoms with Crippen molar-refractivity contribution in [3.63, 3.8) is 0 Å². The van der Waals surface area contributed by atoms with Crippen molar-refractivity contribution in [2.24, 2.45) is 0 Å². The van der Waals surface area contributed by atoms with Crippen LogP contribution in [0.2, 0.25) is 0 Å². The molecule has 0 amide bonds. The minimum absolute atomic E-state index is 0.218. The third-order valence-corrected chi connectivity index (χ3v) is 5.43. The summed E-state index contributed by atoms with van der Waals surface area (Å²) in [5.74, 6) is 1.48. The van der Waals surface area contributed by atoms with Gasteiger partial charge in [-0.3, -0.25) is 0 Å². The number of hydrogen-bond acceptors (Lipinski definition) is 5. The molecule has 2 aromatic heterocycles. The highest BCUT2D eigenvalue weighted by atomic mass is 32.2. The van der Waals surface area contributed by atoms with Gasteiger partial charge in [0, 0.05) is 17.9 Å². The van der Waals surface area contributed by atoms with Gasteiger partial charge in [0.05, 0.1) is 11.3 Å². The molecule has 2 fully saturated rings. The van der Waals surface area contributed by atoms with E-state index < -0.39 is 0 Å². The largest absolute Gasteiger partial charge is 0.320 e. The quantitative estimate of drug-likeness (QED) is 0.763. The van der Waals surface area contributed by atoms with Gasteiger partial charge in [-0.15, -0.1) is 5.10 Å². The van der Waals surface area contributed by atoms with Crippen LogP contribution in [0.4, 0.5) is 0 Å². The summed E-state index contributed by atoms with van der Waals surface area (Å²) in [5.41, 5.74) is 1.35. The smallest absolute Gasteiger partial charge is 0.169 e. The maximum atomic E-state index is 4.69. The van der Waals surface area contributed by atoms with Crippen LogP contribution in [0.5, 0.6) is 0 Å². The zero-order valence-electron chi connectivity index (χ0n) is 13.3. The predicted molar refractivity (Wildman–Crippen MR) is 84.9 cm³/mol. The van der Waals surface area contributed by atoms with E-state index in [0.29, 0.717) is 18.0 Å². The molecule has 4 rings (SSSR count).